The van der Waals surface area contributed by atoms with E-state index in [1.807, 2.05) is 0 Å². The summed E-state index contributed by atoms with van der Waals surface area (Å²) in [5, 5.41) is 9.85. The highest BCUT2D eigenvalue weighted by molar-refractivity contribution is 7.06. The molecule has 0 aliphatic rings. The van der Waals surface area contributed by atoms with E-state index in [1.54, 1.807) is 13.0 Å². The molecule has 0 saturated heterocycles. The highest BCUT2D eigenvalue weighted by atomic mass is 35.5. The SMILES string of the molecule is Cc1nsc(C(C(N)=O)c2ccc(O)c(N)c2)c1Cl. The monoisotopic (exact) mass is 297 g/mol. The van der Waals surface area contributed by atoms with Crippen LogP contribution in [0.4, 0.5) is 5.69 Å². The molecule has 1 heterocycles. The molecule has 7 heteroatoms. The van der Waals surface area contributed by atoms with Crippen molar-refractivity contribution in [2.24, 2.45) is 5.73 Å². The molecular weight excluding hydrogens is 286 g/mol. The number of amides is 1. The van der Waals surface area contributed by atoms with Crippen LogP contribution in [-0.2, 0) is 4.79 Å². The molecule has 1 amide bonds. The lowest BCUT2D eigenvalue weighted by molar-refractivity contribution is -0.118. The first-order valence-electron chi connectivity index (χ1n) is 5.41. The molecule has 100 valence electrons. The minimum Gasteiger partial charge on any atom is -0.506 e. The van der Waals surface area contributed by atoms with Crippen LogP contribution in [0.2, 0.25) is 5.02 Å². The largest absolute Gasteiger partial charge is 0.506 e. The molecule has 0 fully saturated rings. The van der Waals surface area contributed by atoms with Crippen LogP contribution < -0.4 is 11.5 Å². The van der Waals surface area contributed by atoms with Gasteiger partial charge in [-0.25, -0.2) is 0 Å². The fraction of sp³-hybridized carbons (Fsp3) is 0.167. The normalized spacial score (nSPS) is 12.3. The number of phenols is 1. The second-order valence-corrected chi connectivity index (χ2v) is 5.28. The van der Waals surface area contributed by atoms with Gasteiger partial charge < -0.3 is 16.6 Å². The summed E-state index contributed by atoms with van der Waals surface area (Å²) in [5.41, 5.74) is 12.5. The maximum atomic E-state index is 11.7. The second-order valence-electron chi connectivity index (χ2n) is 4.10. The number of carbonyl (C=O) groups is 1. The Balaban J connectivity index is 2.55. The number of phenolic OH excluding ortho intramolecular Hbond substituents is 1. The van der Waals surface area contributed by atoms with Crippen molar-refractivity contribution in [3.8, 4) is 5.75 Å². The van der Waals surface area contributed by atoms with Crippen molar-refractivity contribution >= 4 is 34.7 Å². The second kappa shape index (κ2) is 5.07. The van der Waals surface area contributed by atoms with E-state index in [-0.39, 0.29) is 11.4 Å². The third-order valence-electron chi connectivity index (χ3n) is 2.75. The molecular formula is C12H12ClN3O2S. The number of benzene rings is 1. The molecule has 0 saturated carbocycles. The number of nitrogen functional groups attached to an aromatic ring is 1. The molecule has 19 heavy (non-hydrogen) atoms. The van der Waals surface area contributed by atoms with Gasteiger partial charge in [0.2, 0.25) is 5.91 Å². The average Bonchev–Trinajstić information content (AvgIpc) is 2.66. The fourth-order valence-corrected chi connectivity index (χ4v) is 2.97. The van der Waals surface area contributed by atoms with Gasteiger partial charge in [-0.15, -0.1) is 0 Å². The van der Waals surface area contributed by atoms with Crippen molar-refractivity contribution in [1.82, 2.24) is 4.37 Å². The number of aryl methyl sites for hydroxylation is 1. The zero-order valence-electron chi connectivity index (χ0n) is 10.1. The van der Waals surface area contributed by atoms with Gasteiger partial charge in [0, 0.05) is 0 Å². The number of nitrogens with zero attached hydrogens (tertiary/aromatic N) is 1. The molecule has 1 atom stereocenters. The van der Waals surface area contributed by atoms with E-state index in [0.29, 0.717) is 21.2 Å². The number of rotatable bonds is 3. The Bertz CT molecular complexity index is 642. The Morgan fingerprint density at radius 2 is 2.21 bits per heavy atom. The first-order valence-corrected chi connectivity index (χ1v) is 6.56. The van der Waals surface area contributed by atoms with Crippen LogP contribution in [0.15, 0.2) is 18.2 Å². The van der Waals surface area contributed by atoms with Crippen molar-refractivity contribution in [2.75, 3.05) is 5.73 Å². The van der Waals surface area contributed by atoms with Crippen LogP contribution in [0.1, 0.15) is 22.1 Å². The van der Waals surface area contributed by atoms with Crippen LogP contribution in [0, 0.1) is 6.92 Å². The molecule has 0 aliphatic heterocycles. The third-order valence-corrected chi connectivity index (χ3v) is 4.34. The summed E-state index contributed by atoms with van der Waals surface area (Å²) in [6.45, 7) is 1.76. The third kappa shape index (κ3) is 2.50. The lowest BCUT2D eigenvalue weighted by Gasteiger charge is -2.13. The van der Waals surface area contributed by atoms with Gasteiger partial charge in [0.05, 0.1) is 21.3 Å². The Labute approximate surface area is 119 Å². The van der Waals surface area contributed by atoms with Gasteiger partial charge in [0.15, 0.2) is 0 Å². The number of primary amides is 1. The van der Waals surface area contributed by atoms with Gasteiger partial charge >= 0.3 is 0 Å². The molecule has 1 unspecified atom stereocenters. The fourth-order valence-electron chi connectivity index (χ4n) is 1.75. The highest BCUT2D eigenvalue weighted by Gasteiger charge is 2.26. The van der Waals surface area contributed by atoms with Crippen LogP contribution in [-0.4, -0.2) is 15.4 Å². The molecule has 2 aromatic rings. The molecule has 1 aromatic heterocycles. The lowest BCUT2D eigenvalue weighted by Crippen LogP contribution is -2.22. The van der Waals surface area contributed by atoms with E-state index < -0.39 is 11.8 Å². The van der Waals surface area contributed by atoms with Crippen molar-refractivity contribution in [3.05, 3.63) is 39.4 Å². The minimum atomic E-state index is -0.721. The number of hydrogen-bond donors (Lipinski definition) is 3. The van der Waals surface area contributed by atoms with Gasteiger partial charge in [0.25, 0.3) is 0 Å². The van der Waals surface area contributed by atoms with Gasteiger partial charge in [-0.05, 0) is 36.2 Å². The number of nitrogens with two attached hydrogens (primary N) is 2. The number of hydrogen-bond acceptors (Lipinski definition) is 5. The van der Waals surface area contributed by atoms with Gasteiger partial charge in [-0.2, -0.15) is 4.37 Å². The van der Waals surface area contributed by atoms with Crippen molar-refractivity contribution in [2.45, 2.75) is 12.8 Å². The lowest BCUT2D eigenvalue weighted by atomic mass is 9.96. The summed E-state index contributed by atoms with van der Waals surface area (Å²) in [4.78, 5) is 12.3. The zero-order chi connectivity index (χ0) is 14.2. The van der Waals surface area contributed by atoms with Crippen molar-refractivity contribution < 1.29 is 9.90 Å². The molecule has 1 aromatic carbocycles. The average molecular weight is 298 g/mol. The van der Waals surface area contributed by atoms with Crippen LogP contribution in [0.5, 0.6) is 5.75 Å². The Morgan fingerprint density at radius 1 is 1.53 bits per heavy atom. The first-order chi connectivity index (χ1) is 8.91. The number of halogens is 1. The highest BCUT2D eigenvalue weighted by Crippen LogP contribution is 2.36. The molecule has 0 spiro atoms. The molecule has 0 aliphatic carbocycles. The van der Waals surface area contributed by atoms with Crippen LogP contribution in [0.3, 0.4) is 0 Å². The maximum absolute atomic E-state index is 11.7. The van der Waals surface area contributed by atoms with Gasteiger partial charge in [-0.3, -0.25) is 4.79 Å². The molecule has 0 radical (unpaired) electrons. The van der Waals surface area contributed by atoms with E-state index >= 15 is 0 Å². The molecule has 2 rings (SSSR count). The number of carbonyl (C=O) groups excluding carboxylic acids is 1. The minimum absolute atomic E-state index is 0.0430. The number of aromatic nitrogens is 1. The quantitative estimate of drug-likeness (QED) is 0.595. The Morgan fingerprint density at radius 3 is 2.68 bits per heavy atom. The topological polar surface area (TPSA) is 102 Å². The summed E-state index contributed by atoms with van der Waals surface area (Å²) in [7, 11) is 0. The number of aromatic hydroxyl groups is 1. The Kier molecular flexibility index (Phi) is 3.64. The van der Waals surface area contributed by atoms with Crippen LogP contribution >= 0.6 is 23.1 Å². The molecule has 5 nitrogen and oxygen atoms in total. The summed E-state index contributed by atoms with van der Waals surface area (Å²) in [6, 6.07) is 4.52. The zero-order valence-corrected chi connectivity index (χ0v) is 11.6. The van der Waals surface area contributed by atoms with E-state index in [4.69, 9.17) is 23.1 Å². The summed E-state index contributed by atoms with van der Waals surface area (Å²) in [5.74, 6) is -1.31. The smallest absolute Gasteiger partial charge is 0.230 e. The van der Waals surface area contributed by atoms with Crippen LogP contribution in [0.25, 0.3) is 0 Å². The van der Waals surface area contributed by atoms with Gasteiger partial charge in [0.1, 0.15) is 11.7 Å². The molecule has 5 N–H and O–H groups in total. The van der Waals surface area contributed by atoms with E-state index in [2.05, 4.69) is 4.37 Å². The Hall–Kier alpha value is -1.79. The van der Waals surface area contributed by atoms with Crippen molar-refractivity contribution in [3.63, 3.8) is 0 Å². The van der Waals surface area contributed by atoms with Crippen molar-refractivity contribution in [1.29, 1.82) is 0 Å². The number of anilines is 1. The summed E-state index contributed by atoms with van der Waals surface area (Å²) < 4.78 is 4.11. The van der Waals surface area contributed by atoms with E-state index in [1.165, 1.54) is 12.1 Å². The summed E-state index contributed by atoms with van der Waals surface area (Å²) in [6.07, 6.45) is 0. The molecule has 0 bridgehead atoms. The first kappa shape index (κ1) is 13.6. The standard InChI is InChI=1S/C12H12ClN3O2S/c1-5-10(13)11(19-16-5)9(12(15)18)6-2-3-8(17)7(14)4-6/h2-4,9,17H,14H2,1H3,(H2,15,18). The predicted octanol–water partition coefficient (Wildman–Crippen LogP) is 2.01. The van der Waals surface area contributed by atoms with E-state index in [9.17, 15) is 9.90 Å². The van der Waals surface area contributed by atoms with Gasteiger partial charge in [-0.1, -0.05) is 17.7 Å². The summed E-state index contributed by atoms with van der Waals surface area (Å²) >= 11 is 7.26. The maximum Gasteiger partial charge on any atom is 0.230 e. The van der Waals surface area contributed by atoms with E-state index in [0.717, 1.165) is 11.5 Å². The predicted molar refractivity (Wildman–Crippen MR) is 75.4 cm³/mol.